The number of carbonyl (C=O) groups excluding carboxylic acids is 1. The van der Waals surface area contributed by atoms with Crippen LogP contribution in [-0.4, -0.2) is 13.1 Å². The van der Waals surface area contributed by atoms with Gasteiger partial charge in [0.15, 0.2) is 0 Å². The second-order valence-electron chi connectivity index (χ2n) is 2.48. The van der Waals surface area contributed by atoms with Gasteiger partial charge in [-0.2, -0.15) is 0 Å². The fraction of sp³-hybridized carbons (Fsp3) is 0.100. The maximum absolute atomic E-state index is 10.7. The van der Waals surface area contributed by atoms with Gasteiger partial charge in [-0.1, -0.05) is 5.92 Å². The molecule has 3 nitrogen and oxygen atoms in total. The highest BCUT2D eigenvalue weighted by Gasteiger charge is 1.95. The van der Waals surface area contributed by atoms with E-state index in [-0.39, 0.29) is 0 Å². The number of rotatable bonds is 0. The highest BCUT2D eigenvalue weighted by Crippen LogP contribution is 2.19. The van der Waals surface area contributed by atoms with Crippen molar-refractivity contribution in [2.75, 3.05) is 12.8 Å². The quantitative estimate of drug-likeness (QED) is 0.434. The molecule has 1 aromatic rings. The Hall–Kier alpha value is -1.47. The largest absolute Gasteiger partial charge is 0.459 e. The standard InChI is InChI=1S/C10H8BrNO2/c1-14-10(13)5-3-7-2-4-9(12)8(11)6-7/h2,4,6H,12H2,1H3. The summed E-state index contributed by atoms with van der Waals surface area (Å²) in [7, 11) is 1.29. The Morgan fingerprint density at radius 3 is 2.86 bits per heavy atom. The van der Waals surface area contributed by atoms with E-state index in [1.165, 1.54) is 7.11 Å². The molecule has 4 heteroatoms. The van der Waals surface area contributed by atoms with E-state index >= 15 is 0 Å². The molecule has 0 spiro atoms. The molecule has 0 bridgehead atoms. The molecule has 0 aliphatic heterocycles. The van der Waals surface area contributed by atoms with Crippen molar-refractivity contribution in [3.05, 3.63) is 28.2 Å². The number of anilines is 1. The lowest BCUT2D eigenvalue weighted by Gasteiger charge is -1.96. The van der Waals surface area contributed by atoms with E-state index in [2.05, 4.69) is 32.5 Å². The first-order valence-electron chi connectivity index (χ1n) is 3.78. The first-order chi connectivity index (χ1) is 6.63. The number of nitrogens with two attached hydrogens (primary N) is 1. The normalized spacial score (nSPS) is 8.71. The van der Waals surface area contributed by atoms with Gasteiger partial charge in [-0.15, -0.1) is 0 Å². The van der Waals surface area contributed by atoms with E-state index in [1.807, 2.05) is 0 Å². The van der Waals surface area contributed by atoms with Crippen molar-refractivity contribution < 1.29 is 9.53 Å². The van der Waals surface area contributed by atoms with Crippen LogP contribution in [0.1, 0.15) is 5.56 Å². The van der Waals surface area contributed by atoms with Crippen LogP contribution >= 0.6 is 15.9 Å². The van der Waals surface area contributed by atoms with Crippen LogP contribution in [0.3, 0.4) is 0 Å². The summed E-state index contributed by atoms with van der Waals surface area (Å²) in [6, 6.07) is 5.19. The number of esters is 1. The first-order valence-corrected chi connectivity index (χ1v) is 4.58. The summed E-state index contributed by atoms with van der Waals surface area (Å²) in [4.78, 5) is 10.7. The molecule has 1 aromatic carbocycles. The van der Waals surface area contributed by atoms with Gasteiger partial charge in [-0.05, 0) is 34.1 Å². The second kappa shape index (κ2) is 4.68. The molecule has 0 aromatic heterocycles. The van der Waals surface area contributed by atoms with Gasteiger partial charge < -0.3 is 10.5 Å². The predicted molar refractivity (Wildman–Crippen MR) is 57.4 cm³/mol. The number of hydrogen-bond donors (Lipinski definition) is 1. The lowest BCUT2D eigenvalue weighted by molar-refractivity contribution is -0.133. The van der Waals surface area contributed by atoms with E-state index < -0.39 is 5.97 Å². The van der Waals surface area contributed by atoms with Crippen LogP contribution < -0.4 is 5.73 Å². The molecule has 0 unspecified atom stereocenters. The Morgan fingerprint density at radius 2 is 2.29 bits per heavy atom. The third kappa shape index (κ3) is 2.79. The zero-order valence-electron chi connectivity index (χ0n) is 7.50. The summed E-state index contributed by atoms with van der Waals surface area (Å²) in [5, 5.41) is 0. The highest BCUT2D eigenvalue weighted by atomic mass is 79.9. The molecule has 1 rings (SSSR count). The van der Waals surface area contributed by atoms with E-state index in [0.717, 1.165) is 4.47 Å². The van der Waals surface area contributed by atoms with Crippen LogP contribution in [0.2, 0.25) is 0 Å². The number of nitrogen functional groups attached to an aromatic ring is 1. The van der Waals surface area contributed by atoms with Crippen molar-refractivity contribution in [3.8, 4) is 11.8 Å². The van der Waals surface area contributed by atoms with E-state index in [4.69, 9.17) is 5.73 Å². The average Bonchev–Trinajstić information content (AvgIpc) is 2.19. The van der Waals surface area contributed by atoms with Gasteiger partial charge in [0.2, 0.25) is 0 Å². The number of ether oxygens (including phenoxy) is 1. The summed E-state index contributed by atoms with van der Waals surface area (Å²) in [5.74, 6) is 4.42. The fourth-order valence-corrected chi connectivity index (χ4v) is 1.16. The Labute approximate surface area is 90.4 Å². The minimum absolute atomic E-state index is 0.557. The third-order valence-electron chi connectivity index (χ3n) is 1.49. The predicted octanol–water partition coefficient (Wildman–Crippen LogP) is 1.56. The SMILES string of the molecule is COC(=O)C#Cc1ccc(N)c(Br)c1. The number of carbonyl (C=O) groups is 1. The van der Waals surface area contributed by atoms with Gasteiger partial charge in [0.25, 0.3) is 0 Å². The molecule has 0 aliphatic carbocycles. The lowest BCUT2D eigenvalue weighted by Crippen LogP contribution is -1.94. The molecular weight excluding hydrogens is 246 g/mol. The first kappa shape index (κ1) is 10.6. The zero-order valence-corrected chi connectivity index (χ0v) is 9.09. The van der Waals surface area contributed by atoms with Crippen molar-refractivity contribution >= 4 is 27.6 Å². The van der Waals surface area contributed by atoms with Gasteiger partial charge in [0.05, 0.1) is 7.11 Å². The molecule has 72 valence electrons. The number of hydrogen-bond acceptors (Lipinski definition) is 3. The Balaban J connectivity index is 2.91. The Bertz CT molecular complexity index is 418. The molecule has 0 fully saturated rings. The molecule has 0 aliphatic rings. The maximum Gasteiger partial charge on any atom is 0.384 e. The Kier molecular flexibility index (Phi) is 3.55. The zero-order chi connectivity index (χ0) is 10.6. The molecular formula is C10H8BrNO2. The van der Waals surface area contributed by atoms with Gasteiger partial charge in [0.1, 0.15) is 0 Å². The van der Waals surface area contributed by atoms with E-state index in [1.54, 1.807) is 18.2 Å². The third-order valence-corrected chi connectivity index (χ3v) is 2.18. The highest BCUT2D eigenvalue weighted by molar-refractivity contribution is 9.10. The average molecular weight is 254 g/mol. The van der Waals surface area contributed by atoms with Gasteiger partial charge >= 0.3 is 5.97 Å². The minimum atomic E-state index is -0.557. The summed E-state index contributed by atoms with van der Waals surface area (Å²) < 4.78 is 5.14. The Morgan fingerprint density at radius 1 is 1.57 bits per heavy atom. The molecule has 0 atom stereocenters. The molecule has 14 heavy (non-hydrogen) atoms. The van der Waals surface area contributed by atoms with Crippen molar-refractivity contribution in [1.29, 1.82) is 0 Å². The van der Waals surface area contributed by atoms with Crippen molar-refractivity contribution in [2.24, 2.45) is 0 Å². The van der Waals surface area contributed by atoms with Crippen LogP contribution in [-0.2, 0) is 9.53 Å². The summed E-state index contributed by atoms with van der Waals surface area (Å²) in [6.07, 6.45) is 0. The van der Waals surface area contributed by atoms with Crippen molar-refractivity contribution in [3.63, 3.8) is 0 Å². The van der Waals surface area contributed by atoms with E-state index in [9.17, 15) is 4.79 Å². The minimum Gasteiger partial charge on any atom is -0.459 e. The topological polar surface area (TPSA) is 52.3 Å². The molecule has 0 amide bonds. The molecule has 2 N–H and O–H groups in total. The van der Waals surface area contributed by atoms with Crippen molar-refractivity contribution in [2.45, 2.75) is 0 Å². The number of methoxy groups -OCH3 is 1. The van der Waals surface area contributed by atoms with E-state index in [0.29, 0.717) is 11.3 Å². The molecule has 0 saturated carbocycles. The fourth-order valence-electron chi connectivity index (χ4n) is 0.779. The lowest BCUT2D eigenvalue weighted by atomic mass is 10.2. The number of halogens is 1. The summed E-state index contributed by atoms with van der Waals surface area (Å²) in [5.41, 5.74) is 6.92. The van der Waals surface area contributed by atoms with Gasteiger partial charge in [-0.3, -0.25) is 0 Å². The van der Waals surface area contributed by atoms with Gasteiger partial charge in [-0.25, -0.2) is 4.79 Å². The van der Waals surface area contributed by atoms with Crippen LogP contribution in [0, 0.1) is 11.8 Å². The summed E-state index contributed by atoms with van der Waals surface area (Å²) >= 11 is 3.26. The van der Waals surface area contributed by atoms with Crippen LogP contribution in [0.5, 0.6) is 0 Å². The number of benzene rings is 1. The van der Waals surface area contributed by atoms with Crippen LogP contribution in [0.4, 0.5) is 5.69 Å². The van der Waals surface area contributed by atoms with Gasteiger partial charge in [0, 0.05) is 21.6 Å². The molecule has 0 heterocycles. The maximum atomic E-state index is 10.7. The van der Waals surface area contributed by atoms with Crippen molar-refractivity contribution in [1.82, 2.24) is 0 Å². The summed E-state index contributed by atoms with van der Waals surface area (Å²) in [6.45, 7) is 0. The molecule has 0 saturated heterocycles. The molecule has 0 radical (unpaired) electrons. The smallest absolute Gasteiger partial charge is 0.384 e. The van der Waals surface area contributed by atoms with Crippen LogP contribution in [0.25, 0.3) is 0 Å². The second-order valence-corrected chi connectivity index (χ2v) is 3.33. The van der Waals surface area contributed by atoms with Crippen LogP contribution in [0.15, 0.2) is 22.7 Å². The monoisotopic (exact) mass is 253 g/mol.